The van der Waals surface area contributed by atoms with Crippen LogP contribution in [0, 0.1) is 6.92 Å². The zero-order chi connectivity index (χ0) is 7.00. The van der Waals surface area contributed by atoms with Crippen molar-refractivity contribution in [3.8, 4) is 0 Å². The van der Waals surface area contributed by atoms with Crippen molar-refractivity contribution in [2.75, 3.05) is 0 Å². The van der Waals surface area contributed by atoms with E-state index in [1.54, 1.807) is 0 Å². The molecule has 0 fully saturated rings. The monoisotopic (exact) mass is 168 g/mol. The minimum atomic E-state index is -5.28. The second-order valence-electron chi connectivity index (χ2n) is 1.11. The largest absolute Gasteiger partial charge is 1.00 e. The van der Waals surface area contributed by atoms with Crippen molar-refractivity contribution >= 4 is 10.1 Å². The van der Waals surface area contributed by atoms with Crippen LogP contribution in [0.5, 0.6) is 0 Å². The van der Waals surface area contributed by atoms with E-state index in [9.17, 15) is 17.2 Å². The summed E-state index contributed by atoms with van der Waals surface area (Å²) in [5.41, 5.74) is 0. The Labute approximate surface area is 73.5 Å². The average Bonchev–Trinajstić information content (AvgIpc) is 1.25. The van der Waals surface area contributed by atoms with Crippen LogP contribution < -0.4 is 29.6 Å². The van der Waals surface area contributed by atoms with Crippen LogP contribution >= 0.6 is 0 Å². The average molecular weight is 168 g/mol. The maximum Gasteiger partial charge on any atom is 1.00 e. The van der Waals surface area contributed by atoms with Gasteiger partial charge in [0.2, 0.25) is 0 Å². The zero-order valence-corrected chi connectivity index (χ0v) is 7.45. The van der Waals surface area contributed by atoms with Gasteiger partial charge in [0, 0.05) is 0 Å². The van der Waals surface area contributed by atoms with E-state index in [1.165, 1.54) is 0 Å². The van der Waals surface area contributed by atoms with Crippen molar-refractivity contribution in [2.24, 2.45) is 0 Å². The number of halogens is 2. The fraction of sp³-hybridized carbons (Fsp3) is 0.500. The molecule has 9 heavy (non-hydrogen) atoms. The van der Waals surface area contributed by atoms with Gasteiger partial charge in [-0.05, 0) is 0 Å². The van der Waals surface area contributed by atoms with E-state index in [1.807, 2.05) is 6.92 Å². The van der Waals surface area contributed by atoms with E-state index >= 15 is 0 Å². The summed E-state index contributed by atoms with van der Waals surface area (Å²) in [5.74, 6) is 0. The molecule has 0 heterocycles. The molecule has 0 aromatic rings. The molecule has 0 aromatic heterocycles. The van der Waals surface area contributed by atoms with Gasteiger partial charge in [0.25, 0.3) is 15.4 Å². The molecule has 0 rings (SSSR count). The van der Waals surface area contributed by atoms with E-state index in [0.29, 0.717) is 0 Å². The van der Waals surface area contributed by atoms with Crippen LogP contribution in [0.3, 0.4) is 0 Å². The Balaban J connectivity index is 0. The summed E-state index contributed by atoms with van der Waals surface area (Å²) < 4.78 is 48.9. The van der Waals surface area contributed by atoms with Crippen LogP contribution in [0.1, 0.15) is 0 Å². The van der Waals surface area contributed by atoms with Crippen LogP contribution in [-0.4, -0.2) is 18.2 Å². The van der Waals surface area contributed by atoms with Crippen LogP contribution in [0.15, 0.2) is 0 Å². The Morgan fingerprint density at radius 3 is 1.56 bits per heavy atom. The third-order valence-electron chi connectivity index (χ3n) is 0.377. The molecule has 0 amide bonds. The van der Waals surface area contributed by atoms with Crippen LogP contribution in [0.4, 0.5) is 8.78 Å². The Morgan fingerprint density at radius 2 is 1.56 bits per heavy atom. The predicted molar refractivity (Wildman–Crippen MR) is 21.9 cm³/mol. The summed E-state index contributed by atoms with van der Waals surface area (Å²) in [6.07, 6.45) is 0. The fourth-order valence-electron chi connectivity index (χ4n) is 0. The van der Waals surface area contributed by atoms with Crippen LogP contribution in [0.25, 0.3) is 0 Å². The Morgan fingerprint density at radius 1 is 1.44 bits per heavy atom. The van der Waals surface area contributed by atoms with E-state index in [4.69, 9.17) is 4.55 Å². The van der Waals surface area contributed by atoms with Crippen LogP contribution in [0.2, 0.25) is 0 Å². The molecule has 0 spiro atoms. The van der Waals surface area contributed by atoms with Gasteiger partial charge in [0.15, 0.2) is 0 Å². The molecule has 0 saturated carbocycles. The van der Waals surface area contributed by atoms with Crippen LogP contribution in [-0.2, 0) is 10.1 Å². The molecule has 0 aliphatic carbocycles. The first-order chi connectivity index (χ1) is 3.25. The summed E-state index contributed by atoms with van der Waals surface area (Å²) in [7, 11) is -5.28. The third-order valence-corrected chi connectivity index (χ3v) is 1.13. The SMILES string of the molecule is [CH2-]C(F)(F)S(=O)(=O)O.[Na+]. The molecule has 0 unspecified atom stereocenters. The van der Waals surface area contributed by atoms with Gasteiger partial charge in [0.1, 0.15) is 0 Å². The summed E-state index contributed by atoms with van der Waals surface area (Å²) in [4.78, 5) is 0. The molecule has 50 valence electrons. The molecule has 0 saturated heterocycles. The maximum absolute atomic E-state index is 11.3. The second kappa shape index (κ2) is 3.25. The first-order valence-corrected chi connectivity index (χ1v) is 2.89. The normalized spacial score (nSPS) is 12.4. The molecule has 0 aliphatic heterocycles. The van der Waals surface area contributed by atoms with Crippen molar-refractivity contribution in [3.05, 3.63) is 6.92 Å². The summed E-state index contributed by atoms with van der Waals surface area (Å²) in [5, 5.41) is -4.28. The minimum Gasteiger partial charge on any atom is -0.283 e. The topological polar surface area (TPSA) is 54.4 Å². The van der Waals surface area contributed by atoms with E-state index in [2.05, 4.69) is 0 Å². The second-order valence-corrected chi connectivity index (χ2v) is 2.66. The van der Waals surface area contributed by atoms with E-state index < -0.39 is 15.4 Å². The van der Waals surface area contributed by atoms with E-state index in [0.717, 1.165) is 0 Å². The maximum atomic E-state index is 11.3. The fourth-order valence-corrected chi connectivity index (χ4v) is 0. The molecule has 1 N–H and O–H groups in total. The minimum absolute atomic E-state index is 0. The first-order valence-electron chi connectivity index (χ1n) is 1.45. The van der Waals surface area contributed by atoms with Crippen molar-refractivity contribution < 1.29 is 51.3 Å². The Hall–Kier alpha value is 0.770. The molecular weight excluding hydrogens is 165 g/mol. The number of hydrogen-bond acceptors (Lipinski definition) is 2. The van der Waals surface area contributed by atoms with Gasteiger partial charge in [-0.15, -0.1) is 0 Å². The van der Waals surface area contributed by atoms with Crippen molar-refractivity contribution in [3.63, 3.8) is 0 Å². The molecule has 0 bridgehead atoms. The van der Waals surface area contributed by atoms with Gasteiger partial charge >= 0.3 is 29.6 Å². The predicted octanol–water partition coefficient (Wildman–Crippen LogP) is -2.69. The molecule has 0 aliphatic rings. The summed E-state index contributed by atoms with van der Waals surface area (Å²) in [6.45, 7) is 1.87. The number of rotatable bonds is 1. The van der Waals surface area contributed by atoms with E-state index in [-0.39, 0.29) is 29.6 Å². The smallest absolute Gasteiger partial charge is 0.283 e. The molecule has 7 heteroatoms. The van der Waals surface area contributed by atoms with Gasteiger partial charge < -0.3 is 0 Å². The quantitative estimate of drug-likeness (QED) is 0.263. The van der Waals surface area contributed by atoms with Crippen molar-refractivity contribution in [2.45, 2.75) is 5.25 Å². The van der Waals surface area contributed by atoms with Crippen molar-refractivity contribution in [1.82, 2.24) is 0 Å². The summed E-state index contributed by atoms with van der Waals surface area (Å²) >= 11 is 0. The standard InChI is InChI=1S/C2H3F2O3S.Na/c1-2(3,4)8(5,6)7;/h1H2,(H,5,6,7);/q-1;+1. The summed E-state index contributed by atoms with van der Waals surface area (Å²) in [6, 6.07) is 0. The Kier molecular flexibility index (Phi) is 4.49. The molecule has 0 atom stereocenters. The number of hydrogen-bond donors (Lipinski definition) is 1. The zero-order valence-electron chi connectivity index (χ0n) is 4.63. The van der Waals surface area contributed by atoms with Crippen molar-refractivity contribution in [1.29, 1.82) is 0 Å². The molecular formula is C2H3F2NaO3S. The molecule has 0 aromatic carbocycles. The van der Waals surface area contributed by atoms with Gasteiger partial charge in [0.05, 0.1) is 0 Å². The van der Waals surface area contributed by atoms with Gasteiger partial charge in [-0.2, -0.15) is 8.42 Å². The molecule has 3 nitrogen and oxygen atoms in total. The number of alkyl halides is 2. The first kappa shape index (κ1) is 12.4. The van der Waals surface area contributed by atoms with Gasteiger partial charge in [-0.3, -0.25) is 11.5 Å². The van der Waals surface area contributed by atoms with Gasteiger partial charge in [-0.1, -0.05) is 0 Å². The van der Waals surface area contributed by atoms with Gasteiger partial charge in [-0.25, -0.2) is 8.78 Å². The molecule has 0 radical (unpaired) electrons. The Bertz CT molecular complexity index is 169. The third kappa shape index (κ3) is 4.21.